The first-order chi connectivity index (χ1) is 8.54. The van der Waals surface area contributed by atoms with E-state index >= 15 is 0 Å². The van der Waals surface area contributed by atoms with Crippen LogP contribution < -0.4 is 15.4 Å². The van der Waals surface area contributed by atoms with Gasteiger partial charge in [0.25, 0.3) is 5.91 Å². The van der Waals surface area contributed by atoms with Crippen LogP contribution in [0.4, 0.5) is 5.69 Å². The molecule has 1 unspecified atom stereocenters. The monoisotopic (exact) mass is 248 g/mol. The van der Waals surface area contributed by atoms with E-state index in [4.69, 9.17) is 10.5 Å². The lowest BCUT2D eigenvalue weighted by molar-refractivity contribution is -0.120. The normalized spacial score (nSPS) is 16.5. The van der Waals surface area contributed by atoms with Gasteiger partial charge in [-0.3, -0.25) is 4.79 Å². The predicted octanol–water partition coefficient (Wildman–Crippen LogP) is 1.74. The van der Waals surface area contributed by atoms with Crippen molar-refractivity contribution in [3.63, 3.8) is 0 Å². The SMILES string of the molecule is CC(C)C(CN)c1ccc2c(c1)OCC(=O)N2C. The van der Waals surface area contributed by atoms with Crippen LogP contribution in [0.25, 0.3) is 0 Å². The number of hydrogen-bond donors (Lipinski definition) is 1. The number of amides is 1. The summed E-state index contributed by atoms with van der Waals surface area (Å²) in [5, 5.41) is 0. The molecule has 0 radical (unpaired) electrons. The first-order valence-electron chi connectivity index (χ1n) is 6.28. The molecule has 0 bridgehead atoms. The summed E-state index contributed by atoms with van der Waals surface area (Å²) in [5.41, 5.74) is 7.83. The maximum absolute atomic E-state index is 11.5. The van der Waals surface area contributed by atoms with E-state index in [1.165, 1.54) is 5.56 Å². The summed E-state index contributed by atoms with van der Waals surface area (Å²) in [6, 6.07) is 5.98. The van der Waals surface area contributed by atoms with E-state index in [1.54, 1.807) is 11.9 Å². The highest BCUT2D eigenvalue weighted by atomic mass is 16.5. The van der Waals surface area contributed by atoms with E-state index in [1.807, 2.05) is 18.2 Å². The molecule has 0 aromatic heterocycles. The molecule has 1 amide bonds. The second-order valence-electron chi connectivity index (χ2n) is 5.05. The van der Waals surface area contributed by atoms with Gasteiger partial charge in [-0.15, -0.1) is 0 Å². The highest BCUT2D eigenvalue weighted by Gasteiger charge is 2.24. The Balaban J connectivity index is 2.36. The van der Waals surface area contributed by atoms with Crippen LogP contribution in [0.5, 0.6) is 5.75 Å². The topological polar surface area (TPSA) is 55.6 Å². The van der Waals surface area contributed by atoms with Crippen molar-refractivity contribution in [2.45, 2.75) is 19.8 Å². The maximum atomic E-state index is 11.5. The van der Waals surface area contributed by atoms with E-state index in [-0.39, 0.29) is 12.5 Å². The highest BCUT2D eigenvalue weighted by Crippen LogP contribution is 2.35. The fraction of sp³-hybridized carbons (Fsp3) is 0.500. The molecule has 2 N–H and O–H groups in total. The lowest BCUT2D eigenvalue weighted by Gasteiger charge is -2.28. The molecule has 98 valence electrons. The smallest absolute Gasteiger partial charge is 0.264 e. The Labute approximate surface area is 108 Å². The number of carbonyl (C=O) groups excluding carboxylic acids is 1. The zero-order valence-corrected chi connectivity index (χ0v) is 11.1. The number of nitrogens with zero attached hydrogens (tertiary/aromatic N) is 1. The Morgan fingerprint density at radius 3 is 2.78 bits per heavy atom. The van der Waals surface area contributed by atoms with Gasteiger partial charge < -0.3 is 15.4 Å². The zero-order valence-electron chi connectivity index (χ0n) is 11.1. The molecule has 2 rings (SSSR count). The number of ether oxygens (including phenoxy) is 1. The summed E-state index contributed by atoms with van der Waals surface area (Å²) in [6.07, 6.45) is 0. The van der Waals surface area contributed by atoms with E-state index < -0.39 is 0 Å². The van der Waals surface area contributed by atoms with Crippen LogP contribution in [-0.4, -0.2) is 26.1 Å². The summed E-state index contributed by atoms with van der Waals surface area (Å²) in [5.74, 6) is 1.56. The van der Waals surface area contributed by atoms with Gasteiger partial charge >= 0.3 is 0 Å². The summed E-state index contributed by atoms with van der Waals surface area (Å²) in [4.78, 5) is 13.2. The van der Waals surface area contributed by atoms with Gasteiger partial charge in [-0.25, -0.2) is 0 Å². The number of hydrogen-bond acceptors (Lipinski definition) is 3. The molecule has 1 aliphatic rings. The molecule has 1 atom stereocenters. The quantitative estimate of drug-likeness (QED) is 0.886. The molecule has 18 heavy (non-hydrogen) atoms. The second-order valence-corrected chi connectivity index (χ2v) is 5.05. The van der Waals surface area contributed by atoms with Crippen molar-refractivity contribution in [2.24, 2.45) is 11.7 Å². The van der Waals surface area contributed by atoms with E-state index in [2.05, 4.69) is 13.8 Å². The lowest BCUT2D eigenvalue weighted by Crippen LogP contribution is -2.35. The number of anilines is 1. The van der Waals surface area contributed by atoms with Gasteiger partial charge in [-0.1, -0.05) is 19.9 Å². The Morgan fingerprint density at radius 1 is 1.44 bits per heavy atom. The standard InChI is InChI=1S/C14H20N2O2/c1-9(2)11(7-15)10-4-5-12-13(6-10)18-8-14(17)16(12)3/h4-6,9,11H,7-8,15H2,1-3H3. The Hall–Kier alpha value is -1.55. The molecule has 0 aliphatic carbocycles. The van der Waals surface area contributed by atoms with Crippen molar-refractivity contribution < 1.29 is 9.53 Å². The number of nitrogens with two attached hydrogens (primary N) is 1. The van der Waals surface area contributed by atoms with Crippen LogP contribution in [0, 0.1) is 5.92 Å². The van der Waals surface area contributed by atoms with Crippen molar-refractivity contribution in [1.82, 2.24) is 0 Å². The first kappa shape index (κ1) is 12.9. The third-order valence-corrected chi connectivity index (χ3v) is 3.56. The second kappa shape index (κ2) is 4.98. The van der Waals surface area contributed by atoms with Gasteiger partial charge in [-0.2, -0.15) is 0 Å². The van der Waals surface area contributed by atoms with Crippen molar-refractivity contribution in [1.29, 1.82) is 0 Å². The molecule has 0 saturated heterocycles. The molecule has 0 fully saturated rings. The van der Waals surface area contributed by atoms with Gasteiger partial charge in [-0.05, 0) is 36.1 Å². The fourth-order valence-electron chi connectivity index (χ4n) is 2.32. The minimum atomic E-state index is -0.0190. The summed E-state index contributed by atoms with van der Waals surface area (Å²) in [7, 11) is 1.77. The molecule has 0 saturated carbocycles. The average molecular weight is 248 g/mol. The first-order valence-corrected chi connectivity index (χ1v) is 6.28. The predicted molar refractivity (Wildman–Crippen MR) is 72.0 cm³/mol. The largest absolute Gasteiger partial charge is 0.482 e. The van der Waals surface area contributed by atoms with Crippen LogP contribution in [0.2, 0.25) is 0 Å². The van der Waals surface area contributed by atoms with E-state index in [0.29, 0.717) is 18.4 Å². The van der Waals surface area contributed by atoms with Crippen LogP contribution in [0.15, 0.2) is 18.2 Å². The van der Waals surface area contributed by atoms with Crippen molar-refractivity contribution >= 4 is 11.6 Å². The number of fused-ring (bicyclic) bond motifs is 1. The van der Waals surface area contributed by atoms with Gasteiger partial charge in [0.1, 0.15) is 5.75 Å². The molecule has 4 heteroatoms. The Bertz CT molecular complexity index is 457. The minimum Gasteiger partial charge on any atom is -0.482 e. The number of rotatable bonds is 3. The zero-order chi connectivity index (χ0) is 13.3. The number of benzene rings is 1. The van der Waals surface area contributed by atoms with Gasteiger partial charge in [0.05, 0.1) is 5.69 Å². The Kier molecular flexibility index (Phi) is 3.57. The third kappa shape index (κ3) is 2.20. The number of likely N-dealkylation sites (N-methyl/N-ethyl adjacent to an activating group) is 1. The molecule has 1 aliphatic heterocycles. The molecule has 1 aromatic carbocycles. The van der Waals surface area contributed by atoms with Crippen LogP contribution in [-0.2, 0) is 4.79 Å². The molecule has 4 nitrogen and oxygen atoms in total. The van der Waals surface area contributed by atoms with E-state index in [0.717, 1.165) is 11.4 Å². The minimum absolute atomic E-state index is 0.0190. The Morgan fingerprint density at radius 2 is 2.17 bits per heavy atom. The van der Waals surface area contributed by atoms with Crippen LogP contribution in [0.3, 0.4) is 0 Å². The third-order valence-electron chi connectivity index (χ3n) is 3.56. The molecular formula is C14H20N2O2. The average Bonchev–Trinajstić information content (AvgIpc) is 2.34. The summed E-state index contributed by atoms with van der Waals surface area (Å²) < 4.78 is 5.49. The van der Waals surface area contributed by atoms with Gasteiger partial charge in [0.2, 0.25) is 0 Å². The van der Waals surface area contributed by atoms with Gasteiger partial charge in [0, 0.05) is 7.05 Å². The fourth-order valence-corrected chi connectivity index (χ4v) is 2.32. The highest BCUT2D eigenvalue weighted by molar-refractivity contribution is 5.97. The van der Waals surface area contributed by atoms with Crippen molar-refractivity contribution in [3.05, 3.63) is 23.8 Å². The maximum Gasteiger partial charge on any atom is 0.264 e. The van der Waals surface area contributed by atoms with Crippen molar-refractivity contribution in [2.75, 3.05) is 25.1 Å². The van der Waals surface area contributed by atoms with Crippen LogP contribution >= 0.6 is 0 Å². The summed E-state index contributed by atoms with van der Waals surface area (Å²) >= 11 is 0. The molecule has 0 spiro atoms. The number of carbonyl (C=O) groups is 1. The lowest BCUT2D eigenvalue weighted by atomic mass is 9.88. The van der Waals surface area contributed by atoms with Crippen LogP contribution in [0.1, 0.15) is 25.3 Å². The molecular weight excluding hydrogens is 228 g/mol. The van der Waals surface area contributed by atoms with Crippen molar-refractivity contribution in [3.8, 4) is 5.75 Å². The molecule has 1 aromatic rings. The van der Waals surface area contributed by atoms with Gasteiger partial charge in [0.15, 0.2) is 6.61 Å². The molecule has 1 heterocycles. The van der Waals surface area contributed by atoms with E-state index in [9.17, 15) is 4.79 Å². The summed E-state index contributed by atoms with van der Waals surface area (Å²) in [6.45, 7) is 5.05.